The molecule has 2 rings (SSSR count). The number of nitrogens with zero attached hydrogens (tertiary/aromatic N) is 2. The number of piperidine rings is 1. The van der Waals surface area contributed by atoms with Crippen LogP contribution in [-0.2, 0) is 9.53 Å². The van der Waals surface area contributed by atoms with E-state index in [0.29, 0.717) is 13.2 Å². The number of carbonyl (C=O) groups excluding carboxylic acids is 1. The zero-order valence-corrected chi connectivity index (χ0v) is 18.8. The van der Waals surface area contributed by atoms with E-state index in [1.165, 1.54) is 0 Å². The molecule has 0 aliphatic carbocycles. The lowest BCUT2D eigenvalue weighted by atomic mass is 9.98. The second-order valence-corrected chi connectivity index (χ2v) is 6.66. The topological polar surface area (TPSA) is 74.2 Å². The van der Waals surface area contributed by atoms with Gasteiger partial charge in [-0.25, -0.2) is 0 Å². The fourth-order valence-corrected chi connectivity index (χ4v) is 3.20. The van der Waals surface area contributed by atoms with Crippen LogP contribution in [0.5, 0.6) is 0 Å². The van der Waals surface area contributed by atoms with E-state index in [1.807, 2.05) is 45.0 Å². The first-order valence-corrected chi connectivity index (χ1v) is 9.49. The number of rotatable bonds is 6. The molecule has 1 fully saturated rings. The highest BCUT2D eigenvalue weighted by Crippen LogP contribution is 2.19. The Morgan fingerprint density at radius 3 is 2.89 bits per heavy atom. The summed E-state index contributed by atoms with van der Waals surface area (Å²) in [4.78, 5) is 18.8. The van der Waals surface area contributed by atoms with Crippen LogP contribution in [0.4, 0.5) is 0 Å². The number of esters is 1. The van der Waals surface area contributed by atoms with Gasteiger partial charge in [0.15, 0.2) is 5.96 Å². The summed E-state index contributed by atoms with van der Waals surface area (Å²) in [6.45, 7) is 8.73. The Balaban J connectivity index is 0.00000364. The number of halogens is 1. The van der Waals surface area contributed by atoms with Crippen molar-refractivity contribution in [3.8, 4) is 0 Å². The average Bonchev–Trinajstić information content (AvgIpc) is 2.65. The molecule has 0 spiro atoms. The average molecular weight is 489 g/mol. The van der Waals surface area contributed by atoms with E-state index < -0.39 is 6.10 Å². The van der Waals surface area contributed by atoms with Crippen molar-refractivity contribution in [1.29, 1.82) is 0 Å². The molecule has 1 aromatic carbocycles. The Kier molecular flexibility index (Phi) is 10.7. The lowest BCUT2D eigenvalue weighted by Crippen LogP contribution is -2.48. The number of likely N-dealkylation sites (tertiary alicyclic amines) is 1. The molecule has 0 bridgehead atoms. The minimum absolute atomic E-state index is 0. The molecular weight excluding hydrogens is 457 g/mol. The third-order valence-electron chi connectivity index (χ3n) is 4.52. The van der Waals surface area contributed by atoms with E-state index in [1.54, 1.807) is 0 Å². The summed E-state index contributed by atoms with van der Waals surface area (Å²) >= 11 is 0. The monoisotopic (exact) mass is 489 g/mol. The fourth-order valence-electron chi connectivity index (χ4n) is 3.20. The number of nitrogens with one attached hydrogen (secondary N) is 1. The molecule has 1 unspecified atom stereocenters. The minimum Gasteiger partial charge on any atom is -0.466 e. The van der Waals surface area contributed by atoms with Crippen molar-refractivity contribution in [1.82, 2.24) is 10.2 Å². The Hall–Kier alpha value is -1.35. The standard InChI is InChI=1S/C20H31N3O3.HI/c1-4-21-20(22-13-18(24)16-9-6-8-15(3)12-16)23-11-7-10-17(14-23)19(25)26-5-2;/h6,8-9,12,17-18,24H,4-5,7,10-11,13-14H2,1-3H3,(H,21,22);1H/t17-,18?;/m1./s1. The third kappa shape index (κ3) is 7.29. The van der Waals surface area contributed by atoms with Crippen molar-refractivity contribution in [2.75, 3.05) is 32.8 Å². The van der Waals surface area contributed by atoms with Crippen LogP contribution in [0.25, 0.3) is 0 Å². The van der Waals surface area contributed by atoms with Crippen molar-refractivity contribution in [2.24, 2.45) is 10.9 Å². The molecule has 1 aromatic rings. The lowest BCUT2D eigenvalue weighted by molar-refractivity contribution is -0.149. The van der Waals surface area contributed by atoms with Crippen LogP contribution in [0.1, 0.15) is 43.9 Å². The van der Waals surface area contributed by atoms with Gasteiger partial charge in [0.1, 0.15) is 0 Å². The highest BCUT2D eigenvalue weighted by molar-refractivity contribution is 14.0. The second kappa shape index (κ2) is 12.2. The second-order valence-electron chi connectivity index (χ2n) is 6.66. The number of guanidine groups is 1. The van der Waals surface area contributed by atoms with Gasteiger partial charge in [0, 0.05) is 19.6 Å². The van der Waals surface area contributed by atoms with Gasteiger partial charge in [-0.1, -0.05) is 29.8 Å². The minimum atomic E-state index is -0.644. The first-order chi connectivity index (χ1) is 12.5. The number of ether oxygens (including phenoxy) is 1. The molecule has 7 heteroatoms. The fraction of sp³-hybridized carbons (Fsp3) is 0.600. The first-order valence-electron chi connectivity index (χ1n) is 9.49. The summed E-state index contributed by atoms with van der Waals surface area (Å²) in [5, 5.41) is 13.7. The van der Waals surface area contributed by atoms with Gasteiger partial charge in [-0.2, -0.15) is 0 Å². The van der Waals surface area contributed by atoms with Crippen molar-refractivity contribution in [3.05, 3.63) is 35.4 Å². The number of carbonyl (C=O) groups is 1. The van der Waals surface area contributed by atoms with Gasteiger partial charge in [0.25, 0.3) is 0 Å². The molecule has 27 heavy (non-hydrogen) atoms. The van der Waals surface area contributed by atoms with Crippen LogP contribution in [0.15, 0.2) is 29.3 Å². The smallest absolute Gasteiger partial charge is 0.310 e. The highest BCUT2D eigenvalue weighted by Gasteiger charge is 2.28. The van der Waals surface area contributed by atoms with Crippen molar-refractivity contribution in [2.45, 2.75) is 39.7 Å². The van der Waals surface area contributed by atoms with Gasteiger partial charge in [-0.05, 0) is 39.2 Å². The summed E-state index contributed by atoms with van der Waals surface area (Å²) < 4.78 is 5.17. The zero-order chi connectivity index (χ0) is 18.9. The van der Waals surface area contributed by atoms with E-state index in [2.05, 4.69) is 15.2 Å². The quantitative estimate of drug-likeness (QED) is 0.278. The predicted molar refractivity (Wildman–Crippen MR) is 118 cm³/mol. The number of hydrogen-bond donors (Lipinski definition) is 2. The molecule has 0 aromatic heterocycles. The Morgan fingerprint density at radius 1 is 1.44 bits per heavy atom. The van der Waals surface area contributed by atoms with E-state index in [-0.39, 0.29) is 42.4 Å². The number of aliphatic hydroxyl groups excluding tert-OH is 1. The summed E-state index contributed by atoms with van der Waals surface area (Å²) in [5.41, 5.74) is 1.98. The van der Waals surface area contributed by atoms with Gasteiger partial charge in [-0.15, -0.1) is 24.0 Å². The summed E-state index contributed by atoms with van der Waals surface area (Å²) in [5.74, 6) is 0.496. The molecular formula is C20H32IN3O3. The largest absolute Gasteiger partial charge is 0.466 e. The number of aliphatic hydroxyl groups is 1. The number of aliphatic imine (C=N–C) groups is 1. The molecule has 0 saturated carbocycles. The Labute approximate surface area is 179 Å². The van der Waals surface area contributed by atoms with Crippen molar-refractivity contribution < 1.29 is 14.6 Å². The summed E-state index contributed by atoms with van der Waals surface area (Å²) in [6, 6.07) is 7.84. The van der Waals surface area contributed by atoms with E-state index in [9.17, 15) is 9.90 Å². The zero-order valence-electron chi connectivity index (χ0n) is 16.5. The van der Waals surface area contributed by atoms with Gasteiger partial charge in [0.2, 0.25) is 0 Å². The van der Waals surface area contributed by atoms with Crippen LogP contribution in [0.3, 0.4) is 0 Å². The van der Waals surface area contributed by atoms with Gasteiger partial charge < -0.3 is 20.1 Å². The van der Waals surface area contributed by atoms with E-state index in [0.717, 1.165) is 43.0 Å². The van der Waals surface area contributed by atoms with E-state index >= 15 is 0 Å². The van der Waals surface area contributed by atoms with Gasteiger partial charge in [0.05, 0.1) is 25.2 Å². The highest BCUT2D eigenvalue weighted by atomic mass is 127. The van der Waals surface area contributed by atoms with Gasteiger partial charge in [-0.3, -0.25) is 9.79 Å². The normalized spacial score (nSPS) is 18.4. The van der Waals surface area contributed by atoms with E-state index in [4.69, 9.17) is 4.74 Å². The first kappa shape index (κ1) is 23.7. The molecule has 6 nitrogen and oxygen atoms in total. The molecule has 2 N–H and O–H groups in total. The molecule has 152 valence electrons. The number of benzene rings is 1. The lowest BCUT2D eigenvalue weighted by Gasteiger charge is -2.34. The van der Waals surface area contributed by atoms with Crippen molar-refractivity contribution >= 4 is 35.9 Å². The number of hydrogen-bond acceptors (Lipinski definition) is 4. The molecule has 1 aliphatic heterocycles. The molecule has 1 saturated heterocycles. The predicted octanol–water partition coefficient (Wildman–Crippen LogP) is 2.89. The van der Waals surface area contributed by atoms with Gasteiger partial charge >= 0.3 is 5.97 Å². The molecule has 1 heterocycles. The number of aryl methyl sites for hydroxylation is 1. The molecule has 0 radical (unpaired) electrons. The van der Waals surface area contributed by atoms with Crippen LogP contribution >= 0.6 is 24.0 Å². The molecule has 2 atom stereocenters. The summed E-state index contributed by atoms with van der Waals surface area (Å²) in [6.07, 6.45) is 1.13. The maximum atomic E-state index is 12.1. The SMILES string of the molecule is CCNC(=NCC(O)c1cccc(C)c1)N1CCC[C@@H](C(=O)OCC)C1.I. The molecule has 0 amide bonds. The van der Waals surface area contributed by atoms with Crippen LogP contribution in [0.2, 0.25) is 0 Å². The van der Waals surface area contributed by atoms with Crippen molar-refractivity contribution in [3.63, 3.8) is 0 Å². The van der Waals surface area contributed by atoms with Crippen LogP contribution in [-0.4, -0.2) is 54.7 Å². The van der Waals surface area contributed by atoms with Crippen LogP contribution < -0.4 is 5.32 Å². The van der Waals surface area contributed by atoms with Crippen LogP contribution in [0, 0.1) is 12.8 Å². The maximum Gasteiger partial charge on any atom is 0.310 e. The Morgan fingerprint density at radius 2 is 2.22 bits per heavy atom. The molecule has 1 aliphatic rings. The third-order valence-corrected chi connectivity index (χ3v) is 4.52. The Bertz CT molecular complexity index is 624. The maximum absolute atomic E-state index is 12.1. The summed E-state index contributed by atoms with van der Waals surface area (Å²) in [7, 11) is 0.